The second-order valence-corrected chi connectivity index (χ2v) is 6.47. The minimum Gasteiger partial charge on any atom is -0.497 e. The summed E-state index contributed by atoms with van der Waals surface area (Å²) >= 11 is 0.853. The van der Waals surface area contributed by atoms with Gasteiger partial charge in [-0.2, -0.15) is 13.2 Å². The summed E-state index contributed by atoms with van der Waals surface area (Å²) in [5.74, 6) is -0.733. The van der Waals surface area contributed by atoms with Gasteiger partial charge in [0, 0.05) is 18.5 Å². The van der Waals surface area contributed by atoms with Gasteiger partial charge in [0.1, 0.15) is 11.5 Å². The molecule has 2 N–H and O–H groups in total. The number of hydrogen-bond donors (Lipinski definition) is 2. The Morgan fingerprint density at radius 1 is 1.14 bits per heavy atom. The first-order chi connectivity index (χ1) is 13.8. The van der Waals surface area contributed by atoms with Crippen molar-refractivity contribution in [1.82, 2.24) is 15.0 Å². The molecule has 0 fully saturated rings. The fraction of sp³-hybridized carbons (Fsp3) is 0.176. The number of ether oxygens (including phenoxy) is 2. The number of methoxy groups -OCH3 is 2. The molecular weight excluding hydrogens is 411 g/mol. The molecule has 2 aromatic heterocycles. The first-order valence-electron chi connectivity index (χ1n) is 7.96. The molecule has 152 valence electrons. The van der Waals surface area contributed by atoms with Gasteiger partial charge in [-0.25, -0.2) is 15.0 Å². The van der Waals surface area contributed by atoms with Crippen LogP contribution in [0.15, 0.2) is 36.7 Å². The maximum atomic E-state index is 12.4. The summed E-state index contributed by atoms with van der Waals surface area (Å²) in [6.07, 6.45) is -2.20. The summed E-state index contributed by atoms with van der Waals surface area (Å²) in [6, 6.07) is 6.71. The molecule has 12 heteroatoms. The van der Waals surface area contributed by atoms with Crippen molar-refractivity contribution in [3.8, 4) is 22.1 Å². The summed E-state index contributed by atoms with van der Waals surface area (Å²) in [6.45, 7) is 0. The molecule has 1 amide bonds. The van der Waals surface area contributed by atoms with Gasteiger partial charge in [-0.15, -0.1) is 0 Å². The summed E-state index contributed by atoms with van der Waals surface area (Å²) in [5, 5.41) is 4.52. The zero-order valence-corrected chi connectivity index (χ0v) is 15.9. The minimum atomic E-state index is -4.99. The molecule has 0 saturated heterocycles. The van der Waals surface area contributed by atoms with Crippen LogP contribution in [0, 0.1) is 0 Å². The Morgan fingerprint density at radius 3 is 2.62 bits per heavy atom. The van der Waals surface area contributed by atoms with Crippen LogP contribution in [0.25, 0.3) is 10.6 Å². The van der Waals surface area contributed by atoms with Gasteiger partial charge in [0.25, 0.3) is 0 Å². The molecule has 0 aliphatic carbocycles. The van der Waals surface area contributed by atoms with Crippen LogP contribution in [0.4, 0.5) is 29.9 Å². The van der Waals surface area contributed by atoms with Gasteiger partial charge < -0.3 is 14.8 Å². The second-order valence-electron chi connectivity index (χ2n) is 5.44. The molecule has 0 atom stereocenters. The number of amides is 1. The van der Waals surface area contributed by atoms with Gasteiger partial charge in [0.2, 0.25) is 5.95 Å². The minimum absolute atomic E-state index is 0.190. The van der Waals surface area contributed by atoms with Crippen molar-refractivity contribution < 1.29 is 27.4 Å². The van der Waals surface area contributed by atoms with E-state index in [9.17, 15) is 18.0 Å². The number of anilines is 3. The highest BCUT2D eigenvalue weighted by Crippen LogP contribution is 2.32. The second kappa shape index (κ2) is 8.31. The van der Waals surface area contributed by atoms with E-state index in [2.05, 4.69) is 20.3 Å². The van der Waals surface area contributed by atoms with Crippen LogP contribution in [-0.4, -0.2) is 41.3 Å². The smallest absolute Gasteiger partial charge is 0.471 e. The van der Waals surface area contributed by atoms with Crippen LogP contribution in [0.2, 0.25) is 0 Å². The van der Waals surface area contributed by atoms with Crippen LogP contribution >= 0.6 is 11.3 Å². The molecule has 0 bridgehead atoms. The molecule has 3 aromatic rings. The zero-order valence-electron chi connectivity index (χ0n) is 15.1. The van der Waals surface area contributed by atoms with Crippen molar-refractivity contribution >= 4 is 34.0 Å². The molecule has 29 heavy (non-hydrogen) atoms. The lowest BCUT2D eigenvalue weighted by molar-refractivity contribution is -0.167. The Bertz CT molecular complexity index is 1030. The Hall–Kier alpha value is -3.41. The maximum Gasteiger partial charge on any atom is 0.471 e. The van der Waals surface area contributed by atoms with E-state index in [-0.39, 0.29) is 11.1 Å². The highest BCUT2D eigenvalue weighted by atomic mass is 32.1. The van der Waals surface area contributed by atoms with Crippen LogP contribution in [-0.2, 0) is 4.79 Å². The average molecular weight is 425 g/mol. The lowest BCUT2D eigenvalue weighted by Crippen LogP contribution is -2.29. The van der Waals surface area contributed by atoms with Gasteiger partial charge in [0.05, 0.1) is 30.5 Å². The van der Waals surface area contributed by atoms with E-state index in [1.807, 2.05) is 0 Å². The fourth-order valence-electron chi connectivity index (χ4n) is 2.21. The van der Waals surface area contributed by atoms with E-state index in [0.29, 0.717) is 27.8 Å². The third kappa shape index (κ3) is 4.90. The number of carbonyl (C=O) groups is 1. The molecule has 3 rings (SSSR count). The van der Waals surface area contributed by atoms with Gasteiger partial charge in [-0.3, -0.25) is 10.1 Å². The lowest BCUT2D eigenvalue weighted by Gasteiger charge is -2.11. The van der Waals surface area contributed by atoms with Gasteiger partial charge in [0.15, 0.2) is 5.13 Å². The van der Waals surface area contributed by atoms with Crippen molar-refractivity contribution in [2.75, 3.05) is 24.9 Å². The van der Waals surface area contributed by atoms with Crippen molar-refractivity contribution in [3.63, 3.8) is 0 Å². The van der Waals surface area contributed by atoms with Gasteiger partial charge >= 0.3 is 12.1 Å². The number of alkyl halides is 3. The standard InChI is InChI=1S/C17H14F3N5O3S/c1-27-9-3-4-12(28-2)11(7-9)24-15-21-6-5-10(23-15)13-8-22-16(29-13)25-14(26)17(18,19)20/h3-8H,1-2H3,(H,21,23,24)(H,22,25,26). The van der Waals surface area contributed by atoms with Crippen molar-refractivity contribution in [2.45, 2.75) is 6.18 Å². The Labute approximate surface area is 166 Å². The molecule has 2 heterocycles. The quantitative estimate of drug-likeness (QED) is 0.619. The highest BCUT2D eigenvalue weighted by molar-refractivity contribution is 7.19. The third-order valence-electron chi connectivity index (χ3n) is 3.54. The van der Waals surface area contributed by atoms with Gasteiger partial charge in [-0.1, -0.05) is 11.3 Å². The summed E-state index contributed by atoms with van der Waals surface area (Å²) in [4.78, 5) is 23.7. The van der Waals surface area contributed by atoms with Crippen LogP contribution < -0.4 is 20.1 Å². The Balaban J connectivity index is 1.81. The lowest BCUT2D eigenvalue weighted by atomic mass is 10.2. The number of benzene rings is 1. The molecule has 0 aliphatic rings. The predicted molar refractivity (Wildman–Crippen MR) is 101 cm³/mol. The maximum absolute atomic E-state index is 12.4. The molecule has 1 aromatic carbocycles. The first-order valence-corrected chi connectivity index (χ1v) is 8.78. The Kier molecular flexibility index (Phi) is 5.82. The molecule has 8 nitrogen and oxygen atoms in total. The van der Waals surface area contributed by atoms with E-state index < -0.39 is 12.1 Å². The fourth-order valence-corrected chi connectivity index (χ4v) is 2.99. The number of rotatable bonds is 6. The van der Waals surface area contributed by atoms with Gasteiger partial charge in [-0.05, 0) is 18.2 Å². The first kappa shape index (κ1) is 20.3. The third-order valence-corrected chi connectivity index (χ3v) is 4.48. The predicted octanol–water partition coefficient (Wildman–Crippen LogP) is 3.86. The summed E-state index contributed by atoms with van der Waals surface area (Å²) in [5.41, 5.74) is 0.973. The van der Waals surface area contributed by atoms with E-state index in [0.717, 1.165) is 11.3 Å². The highest BCUT2D eigenvalue weighted by Gasteiger charge is 2.39. The molecule has 0 unspecified atom stereocenters. The summed E-state index contributed by atoms with van der Waals surface area (Å²) in [7, 11) is 3.04. The molecule has 0 spiro atoms. The van der Waals surface area contributed by atoms with E-state index in [1.165, 1.54) is 26.6 Å². The summed E-state index contributed by atoms with van der Waals surface area (Å²) < 4.78 is 47.5. The van der Waals surface area contributed by atoms with E-state index in [4.69, 9.17) is 9.47 Å². The van der Waals surface area contributed by atoms with Crippen molar-refractivity contribution in [2.24, 2.45) is 0 Å². The molecule has 0 aliphatic heterocycles. The zero-order chi connectivity index (χ0) is 21.0. The number of thiazole rings is 1. The monoisotopic (exact) mass is 425 g/mol. The van der Waals surface area contributed by atoms with Crippen LogP contribution in [0.3, 0.4) is 0 Å². The number of aromatic nitrogens is 3. The normalized spacial score (nSPS) is 11.1. The van der Waals surface area contributed by atoms with E-state index >= 15 is 0 Å². The number of carbonyl (C=O) groups excluding carboxylic acids is 1. The topological polar surface area (TPSA) is 98.3 Å². The Morgan fingerprint density at radius 2 is 1.93 bits per heavy atom. The van der Waals surface area contributed by atoms with Crippen LogP contribution in [0.1, 0.15) is 0 Å². The largest absolute Gasteiger partial charge is 0.497 e. The van der Waals surface area contributed by atoms with Crippen molar-refractivity contribution in [3.05, 3.63) is 36.7 Å². The van der Waals surface area contributed by atoms with Crippen molar-refractivity contribution in [1.29, 1.82) is 0 Å². The number of halogens is 3. The van der Waals surface area contributed by atoms with Crippen LogP contribution in [0.5, 0.6) is 11.5 Å². The molecule has 0 radical (unpaired) electrons. The average Bonchev–Trinajstić information content (AvgIpc) is 3.16. The molecular formula is C17H14F3N5O3S. The number of hydrogen-bond acceptors (Lipinski definition) is 8. The number of nitrogens with one attached hydrogen (secondary N) is 2. The molecule has 0 saturated carbocycles. The number of nitrogens with zero attached hydrogens (tertiary/aromatic N) is 3. The SMILES string of the molecule is COc1ccc(OC)c(Nc2nccc(-c3cnc(NC(=O)C(F)(F)F)s3)n2)c1. The van der Waals surface area contributed by atoms with E-state index in [1.54, 1.807) is 29.6 Å².